The van der Waals surface area contributed by atoms with Crippen LogP contribution in [0.3, 0.4) is 0 Å². The lowest BCUT2D eigenvalue weighted by atomic mass is 10.1. The highest BCUT2D eigenvalue weighted by Gasteiger charge is 2.08. The van der Waals surface area contributed by atoms with Crippen molar-refractivity contribution in [1.82, 2.24) is 16.0 Å². The number of hydrogen-bond donors (Lipinski definition) is 3. The van der Waals surface area contributed by atoms with Gasteiger partial charge in [-0.3, -0.25) is 9.79 Å². The third-order valence-electron chi connectivity index (χ3n) is 3.91. The molecule has 7 heteroatoms. The minimum absolute atomic E-state index is 0.122. The van der Waals surface area contributed by atoms with Crippen molar-refractivity contribution in [3.05, 3.63) is 59.7 Å². The third-order valence-corrected chi connectivity index (χ3v) is 3.91. The predicted octanol–water partition coefficient (Wildman–Crippen LogP) is 2.21. The van der Waals surface area contributed by atoms with Crippen LogP contribution in [0.5, 0.6) is 11.5 Å². The summed E-state index contributed by atoms with van der Waals surface area (Å²) in [4.78, 5) is 15.9. The molecule has 0 saturated carbocycles. The van der Waals surface area contributed by atoms with E-state index in [1.807, 2.05) is 55.5 Å². The lowest BCUT2D eigenvalue weighted by molar-refractivity contribution is -0.120. The first-order chi connectivity index (χ1) is 13.6. The number of methoxy groups -OCH3 is 1. The molecule has 3 N–H and O–H groups in total. The Hall–Kier alpha value is -3.06. The van der Waals surface area contributed by atoms with E-state index >= 15 is 0 Å². The Labute approximate surface area is 166 Å². The number of carbonyl (C=O) groups excluding carboxylic acids is 1. The summed E-state index contributed by atoms with van der Waals surface area (Å²) in [6.07, 6.45) is 0. The number of benzene rings is 2. The van der Waals surface area contributed by atoms with E-state index in [2.05, 4.69) is 20.9 Å². The molecule has 1 amide bonds. The van der Waals surface area contributed by atoms with Crippen molar-refractivity contribution in [3.8, 4) is 11.5 Å². The maximum absolute atomic E-state index is 11.8. The number of ether oxygens (including phenoxy) is 2. The van der Waals surface area contributed by atoms with Crippen LogP contribution in [0.15, 0.2) is 53.5 Å². The van der Waals surface area contributed by atoms with Crippen LogP contribution in [0.4, 0.5) is 0 Å². The highest BCUT2D eigenvalue weighted by molar-refractivity contribution is 5.86. The number of aliphatic imine (C=N–C) groups is 1. The summed E-state index contributed by atoms with van der Waals surface area (Å²) >= 11 is 0. The van der Waals surface area contributed by atoms with Crippen molar-refractivity contribution in [1.29, 1.82) is 0 Å². The van der Waals surface area contributed by atoms with Crippen LogP contribution in [0.25, 0.3) is 0 Å². The molecule has 0 aliphatic heterocycles. The number of aryl methyl sites for hydroxylation is 1. The minimum atomic E-state index is -0.122. The number of amides is 1. The summed E-state index contributed by atoms with van der Waals surface area (Å²) in [6.45, 7) is 3.62. The molecule has 0 heterocycles. The first-order valence-corrected chi connectivity index (χ1v) is 9.15. The number of hydrogen-bond acceptors (Lipinski definition) is 4. The molecule has 150 valence electrons. The normalized spacial score (nSPS) is 11.0. The molecule has 0 fully saturated rings. The summed E-state index contributed by atoms with van der Waals surface area (Å²) in [6, 6.07) is 15.7. The largest absolute Gasteiger partial charge is 0.457 e. The molecule has 0 unspecified atom stereocenters. The molecular weight excluding hydrogens is 356 g/mol. The van der Waals surface area contributed by atoms with E-state index < -0.39 is 0 Å². The molecule has 0 spiro atoms. The number of guanidine groups is 1. The lowest BCUT2D eigenvalue weighted by Gasteiger charge is -2.15. The van der Waals surface area contributed by atoms with Crippen LogP contribution in [-0.4, -0.2) is 45.7 Å². The molecular formula is C21H28N4O3. The minimum Gasteiger partial charge on any atom is -0.457 e. The smallest absolute Gasteiger partial charge is 0.239 e. The fourth-order valence-electron chi connectivity index (χ4n) is 2.44. The predicted molar refractivity (Wildman–Crippen MR) is 111 cm³/mol. The number of rotatable bonds is 9. The van der Waals surface area contributed by atoms with E-state index in [4.69, 9.17) is 9.47 Å². The molecule has 0 radical (unpaired) electrons. The molecule has 28 heavy (non-hydrogen) atoms. The van der Waals surface area contributed by atoms with Gasteiger partial charge >= 0.3 is 0 Å². The van der Waals surface area contributed by atoms with E-state index in [1.54, 1.807) is 14.2 Å². The van der Waals surface area contributed by atoms with Crippen LogP contribution in [0.1, 0.15) is 11.1 Å². The van der Waals surface area contributed by atoms with Crippen molar-refractivity contribution < 1.29 is 14.3 Å². The van der Waals surface area contributed by atoms with Gasteiger partial charge in [0.05, 0.1) is 13.2 Å². The van der Waals surface area contributed by atoms with Gasteiger partial charge in [-0.2, -0.15) is 0 Å². The summed E-state index contributed by atoms with van der Waals surface area (Å²) in [7, 11) is 3.26. The van der Waals surface area contributed by atoms with Gasteiger partial charge in [0.2, 0.25) is 5.91 Å². The second-order valence-electron chi connectivity index (χ2n) is 6.15. The molecule has 2 rings (SSSR count). The molecule has 2 aromatic rings. The van der Waals surface area contributed by atoms with Crippen molar-refractivity contribution in [3.63, 3.8) is 0 Å². The highest BCUT2D eigenvalue weighted by Crippen LogP contribution is 2.26. The Bertz CT molecular complexity index is 778. The van der Waals surface area contributed by atoms with Crippen LogP contribution >= 0.6 is 0 Å². The maximum atomic E-state index is 11.8. The Kier molecular flexibility index (Phi) is 8.81. The number of para-hydroxylation sites is 1. The van der Waals surface area contributed by atoms with Crippen LogP contribution < -0.4 is 20.7 Å². The Morgan fingerprint density at radius 3 is 2.57 bits per heavy atom. The van der Waals surface area contributed by atoms with Gasteiger partial charge in [0, 0.05) is 32.8 Å². The molecule has 0 aliphatic rings. The van der Waals surface area contributed by atoms with Crippen molar-refractivity contribution >= 4 is 11.9 Å². The van der Waals surface area contributed by atoms with E-state index in [0.717, 1.165) is 22.6 Å². The second-order valence-corrected chi connectivity index (χ2v) is 6.15. The first-order valence-electron chi connectivity index (χ1n) is 9.15. The average molecular weight is 384 g/mol. The average Bonchev–Trinajstić information content (AvgIpc) is 2.70. The Morgan fingerprint density at radius 2 is 1.86 bits per heavy atom. The maximum Gasteiger partial charge on any atom is 0.239 e. The molecule has 2 aromatic carbocycles. The van der Waals surface area contributed by atoms with Crippen molar-refractivity contribution in [2.45, 2.75) is 13.5 Å². The van der Waals surface area contributed by atoms with E-state index in [-0.39, 0.29) is 12.5 Å². The molecule has 7 nitrogen and oxygen atoms in total. The van der Waals surface area contributed by atoms with Gasteiger partial charge in [0.15, 0.2) is 5.96 Å². The van der Waals surface area contributed by atoms with Crippen molar-refractivity contribution in [2.75, 3.05) is 33.9 Å². The molecule has 0 saturated heterocycles. The van der Waals surface area contributed by atoms with Gasteiger partial charge < -0.3 is 25.4 Å². The topological polar surface area (TPSA) is 84.0 Å². The van der Waals surface area contributed by atoms with Crippen LogP contribution in [-0.2, 0) is 16.1 Å². The summed E-state index contributed by atoms with van der Waals surface area (Å²) in [5, 5.41) is 8.95. The fourth-order valence-corrected chi connectivity index (χ4v) is 2.44. The zero-order chi connectivity index (χ0) is 20.2. The first kappa shape index (κ1) is 21.2. The fraction of sp³-hybridized carbons (Fsp3) is 0.333. The summed E-state index contributed by atoms with van der Waals surface area (Å²) < 4.78 is 10.9. The van der Waals surface area contributed by atoms with Gasteiger partial charge in [0.25, 0.3) is 0 Å². The molecule has 0 aliphatic carbocycles. The number of carbonyl (C=O) groups is 1. The zero-order valence-electron chi connectivity index (χ0n) is 16.6. The zero-order valence-corrected chi connectivity index (χ0v) is 16.6. The lowest BCUT2D eigenvalue weighted by Crippen LogP contribution is -2.43. The van der Waals surface area contributed by atoms with E-state index in [9.17, 15) is 4.79 Å². The number of nitrogens with zero attached hydrogens (tertiary/aromatic N) is 1. The van der Waals surface area contributed by atoms with Crippen LogP contribution in [0.2, 0.25) is 0 Å². The van der Waals surface area contributed by atoms with Crippen LogP contribution in [0, 0.1) is 6.92 Å². The monoisotopic (exact) mass is 384 g/mol. The van der Waals surface area contributed by atoms with Gasteiger partial charge in [-0.1, -0.05) is 30.3 Å². The molecule has 0 atom stereocenters. The standard InChI is InChI=1S/C21H28N4O3/c1-16-9-10-17(19(13-16)28-18-7-5-4-6-8-18)14-24-21(22-2)25-15-20(26)23-11-12-27-3/h4-10,13H,11-12,14-15H2,1-3H3,(H,23,26)(H2,22,24,25). The van der Waals surface area contributed by atoms with Gasteiger partial charge in [-0.15, -0.1) is 0 Å². The number of nitrogens with one attached hydrogen (secondary N) is 3. The Balaban J connectivity index is 1.92. The quantitative estimate of drug-likeness (QED) is 0.351. The van der Waals surface area contributed by atoms with E-state index in [1.165, 1.54) is 0 Å². The molecule has 0 bridgehead atoms. The highest BCUT2D eigenvalue weighted by atomic mass is 16.5. The summed E-state index contributed by atoms with van der Waals surface area (Å²) in [5.41, 5.74) is 2.10. The van der Waals surface area contributed by atoms with Gasteiger partial charge in [-0.25, -0.2) is 0 Å². The Morgan fingerprint density at radius 1 is 1.07 bits per heavy atom. The van der Waals surface area contributed by atoms with Gasteiger partial charge in [-0.05, 0) is 30.7 Å². The summed E-state index contributed by atoms with van der Waals surface area (Å²) in [5.74, 6) is 1.98. The van der Waals surface area contributed by atoms with E-state index in [0.29, 0.717) is 25.7 Å². The second kappa shape index (κ2) is 11.6. The molecule has 0 aromatic heterocycles. The third kappa shape index (κ3) is 7.28. The SMILES string of the molecule is CN=C(NCC(=O)NCCOC)NCc1ccc(C)cc1Oc1ccccc1. The van der Waals surface area contributed by atoms with Crippen molar-refractivity contribution in [2.24, 2.45) is 4.99 Å². The van der Waals surface area contributed by atoms with Gasteiger partial charge in [0.1, 0.15) is 11.5 Å².